The van der Waals surface area contributed by atoms with E-state index in [1.165, 1.54) is 0 Å². The number of hydrogen-bond acceptors (Lipinski definition) is 3. The van der Waals surface area contributed by atoms with Crippen LogP contribution in [0, 0.1) is 0 Å². The van der Waals surface area contributed by atoms with Gasteiger partial charge in [0.05, 0.1) is 6.42 Å². The Balaban J connectivity index is 3.65. The Labute approximate surface area is 133 Å². The lowest BCUT2D eigenvalue weighted by molar-refractivity contribution is -0.450. The molecule has 0 amide bonds. The van der Waals surface area contributed by atoms with E-state index in [1.807, 2.05) is 0 Å². The van der Waals surface area contributed by atoms with E-state index in [4.69, 9.17) is 0 Å². The highest BCUT2D eigenvalue weighted by atomic mass is 19.4. The molecule has 0 radical (unpaired) electrons. The SMILES string of the molecule is C=CC(=O)OC1(C(F)(F)F)CC(C)(C(F)(F)F)OC(F)(C(F)(F)F)C1. The van der Waals surface area contributed by atoms with Crippen molar-refractivity contribution < 1.29 is 58.2 Å². The zero-order valence-corrected chi connectivity index (χ0v) is 12.2. The maximum atomic E-state index is 14.1. The highest BCUT2D eigenvalue weighted by Gasteiger charge is 2.78. The predicted octanol–water partition coefficient (Wildman–Crippen LogP) is 4.38. The first-order valence-corrected chi connectivity index (χ1v) is 6.27. The first-order chi connectivity index (χ1) is 10.8. The summed E-state index contributed by atoms with van der Waals surface area (Å²) in [7, 11) is 0. The van der Waals surface area contributed by atoms with Crippen molar-refractivity contribution in [3.05, 3.63) is 12.7 Å². The number of halogens is 10. The molecule has 1 aliphatic heterocycles. The molecule has 3 nitrogen and oxygen atoms in total. The molecule has 0 spiro atoms. The average Bonchev–Trinajstić information content (AvgIpc) is 2.33. The standard InChI is InChI=1S/C12H10F10O3/c1-3-6(23)24-8(11(17,18)19)4-7(2,10(14,15)16)25-9(13,5-8)12(20,21)22/h3H,1,4-5H2,2H3. The first kappa shape index (κ1) is 21.5. The summed E-state index contributed by atoms with van der Waals surface area (Å²) in [6, 6.07) is 0. The van der Waals surface area contributed by atoms with Gasteiger partial charge in [0.15, 0.2) is 5.60 Å². The number of carbonyl (C=O) groups excluding carboxylic acids is 1. The molecule has 0 aromatic heterocycles. The van der Waals surface area contributed by atoms with Crippen molar-refractivity contribution >= 4 is 5.97 Å². The van der Waals surface area contributed by atoms with Crippen LogP contribution in [0.1, 0.15) is 19.8 Å². The lowest BCUT2D eigenvalue weighted by Gasteiger charge is -2.51. The van der Waals surface area contributed by atoms with Gasteiger partial charge in [0.25, 0.3) is 0 Å². The fourth-order valence-corrected chi connectivity index (χ4v) is 2.28. The van der Waals surface area contributed by atoms with E-state index in [2.05, 4.69) is 16.1 Å². The van der Waals surface area contributed by atoms with Crippen LogP contribution in [0.25, 0.3) is 0 Å². The molecule has 0 aromatic carbocycles. The van der Waals surface area contributed by atoms with Crippen molar-refractivity contribution in [2.24, 2.45) is 0 Å². The second-order valence-corrected chi connectivity index (χ2v) is 5.53. The molecule has 0 bridgehead atoms. The molecule has 1 rings (SSSR count). The highest BCUT2D eigenvalue weighted by Crippen LogP contribution is 2.59. The number of esters is 1. The Bertz CT molecular complexity index is 521. The van der Waals surface area contributed by atoms with E-state index >= 15 is 0 Å². The number of carbonyl (C=O) groups is 1. The molecule has 1 saturated heterocycles. The molecule has 0 N–H and O–H groups in total. The van der Waals surface area contributed by atoms with Crippen LogP contribution >= 0.6 is 0 Å². The molecule has 3 atom stereocenters. The first-order valence-electron chi connectivity index (χ1n) is 6.27. The number of rotatable bonds is 2. The number of hydrogen-bond donors (Lipinski definition) is 0. The van der Waals surface area contributed by atoms with Crippen LogP contribution in [-0.2, 0) is 14.3 Å². The van der Waals surface area contributed by atoms with Gasteiger partial charge in [0, 0.05) is 12.5 Å². The van der Waals surface area contributed by atoms with Crippen LogP contribution in [0.2, 0.25) is 0 Å². The third-order valence-corrected chi connectivity index (χ3v) is 3.53. The molecular formula is C12H10F10O3. The summed E-state index contributed by atoms with van der Waals surface area (Å²) in [6.07, 6.45) is -23.1. The van der Waals surface area contributed by atoms with E-state index in [1.54, 1.807) is 0 Å². The average molecular weight is 392 g/mol. The summed E-state index contributed by atoms with van der Waals surface area (Å²) < 4.78 is 139. The van der Waals surface area contributed by atoms with E-state index in [-0.39, 0.29) is 13.0 Å². The summed E-state index contributed by atoms with van der Waals surface area (Å²) in [5, 5.41) is 0. The smallest absolute Gasteiger partial charge is 0.446 e. The predicted molar refractivity (Wildman–Crippen MR) is 59.7 cm³/mol. The van der Waals surface area contributed by atoms with Gasteiger partial charge in [-0.3, -0.25) is 0 Å². The van der Waals surface area contributed by atoms with Gasteiger partial charge in [-0.2, -0.15) is 39.5 Å². The topological polar surface area (TPSA) is 35.5 Å². The molecule has 3 unspecified atom stereocenters. The van der Waals surface area contributed by atoms with Gasteiger partial charge < -0.3 is 9.47 Å². The maximum Gasteiger partial charge on any atom is 0.448 e. The molecular weight excluding hydrogens is 382 g/mol. The lowest BCUT2D eigenvalue weighted by atomic mass is 9.78. The van der Waals surface area contributed by atoms with Gasteiger partial charge in [-0.25, -0.2) is 9.18 Å². The molecule has 13 heteroatoms. The van der Waals surface area contributed by atoms with Gasteiger partial charge in [0.2, 0.25) is 5.60 Å². The van der Waals surface area contributed by atoms with Crippen molar-refractivity contribution in [2.75, 3.05) is 0 Å². The van der Waals surface area contributed by atoms with Gasteiger partial charge in [0.1, 0.15) is 0 Å². The Morgan fingerprint density at radius 2 is 1.48 bits per heavy atom. The Morgan fingerprint density at radius 1 is 1.00 bits per heavy atom. The summed E-state index contributed by atoms with van der Waals surface area (Å²) >= 11 is 0. The molecule has 0 aliphatic carbocycles. The fraction of sp³-hybridized carbons (Fsp3) is 0.750. The zero-order chi connectivity index (χ0) is 20.1. The minimum Gasteiger partial charge on any atom is -0.446 e. The second-order valence-electron chi connectivity index (χ2n) is 5.53. The van der Waals surface area contributed by atoms with Crippen LogP contribution in [0.3, 0.4) is 0 Å². The van der Waals surface area contributed by atoms with Gasteiger partial charge in [-0.05, 0) is 6.92 Å². The van der Waals surface area contributed by atoms with Crippen LogP contribution in [0.5, 0.6) is 0 Å². The van der Waals surface area contributed by atoms with E-state index < -0.39 is 54.4 Å². The monoisotopic (exact) mass is 392 g/mol. The highest BCUT2D eigenvalue weighted by molar-refractivity contribution is 5.81. The lowest BCUT2D eigenvalue weighted by Crippen LogP contribution is -2.69. The Hall–Kier alpha value is -1.53. The van der Waals surface area contributed by atoms with Crippen molar-refractivity contribution in [3.8, 4) is 0 Å². The zero-order valence-electron chi connectivity index (χ0n) is 12.2. The van der Waals surface area contributed by atoms with Crippen LogP contribution < -0.4 is 0 Å². The van der Waals surface area contributed by atoms with E-state index in [9.17, 15) is 48.7 Å². The third-order valence-electron chi connectivity index (χ3n) is 3.53. The quantitative estimate of drug-likeness (QED) is 0.398. The normalized spacial score (nSPS) is 34.5. The number of alkyl halides is 10. The molecule has 146 valence electrons. The maximum absolute atomic E-state index is 14.1. The van der Waals surface area contributed by atoms with Crippen molar-refractivity contribution in [1.82, 2.24) is 0 Å². The molecule has 25 heavy (non-hydrogen) atoms. The van der Waals surface area contributed by atoms with Crippen LogP contribution in [0.4, 0.5) is 43.9 Å². The van der Waals surface area contributed by atoms with E-state index in [0.29, 0.717) is 0 Å². The largest absolute Gasteiger partial charge is 0.448 e. The molecule has 1 fully saturated rings. The van der Waals surface area contributed by atoms with Crippen molar-refractivity contribution in [2.45, 2.75) is 55.4 Å². The fourth-order valence-electron chi connectivity index (χ4n) is 2.28. The second kappa shape index (κ2) is 5.74. The summed E-state index contributed by atoms with van der Waals surface area (Å²) in [5.41, 5.74) is -8.68. The molecule has 1 heterocycles. The Kier molecular flexibility index (Phi) is 4.94. The van der Waals surface area contributed by atoms with Gasteiger partial charge in [-0.15, -0.1) is 0 Å². The number of ether oxygens (including phenoxy) is 2. The summed E-state index contributed by atoms with van der Waals surface area (Å²) in [6.45, 7) is 2.50. The summed E-state index contributed by atoms with van der Waals surface area (Å²) in [5.74, 6) is -7.35. The third kappa shape index (κ3) is 3.70. The minimum atomic E-state index is -6.27. The Morgan fingerprint density at radius 3 is 1.80 bits per heavy atom. The van der Waals surface area contributed by atoms with Crippen LogP contribution in [-0.4, -0.2) is 41.6 Å². The molecule has 0 saturated carbocycles. The minimum absolute atomic E-state index is 0.0847. The van der Waals surface area contributed by atoms with E-state index in [0.717, 1.165) is 0 Å². The summed E-state index contributed by atoms with van der Waals surface area (Å²) in [4.78, 5) is 11.1. The van der Waals surface area contributed by atoms with Crippen molar-refractivity contribution in [3.63, 3.8) is 0 Å². The van der Waals surface area contributed by atoms with Crippen LogP contribution in [0.15, 0.2) is 12.7 Å². The molecule has 1 aliphatic rings. The van der Waals surface area contributed by atoms with Crippen molar-refractivity contribution in [1.29, 1.82) is 0 Å². The van der Waals surface area contributed by atoms with Gasteiger partial charge >= 0.3 is 30.4 Å². The van der Waals surface area contributed by atoms with Gasteiger partial charge in [-0.1, -0.05) is 6.58 Å². The molecule has 0 aromatic rings.